The predicted molar refractivity (Wildman–Crippen MR) is 113 cm³/mol. The highest BCUT2D eigenvalue weighted by Crippen LogP contribution is 2.37. The van der Waals surface area contributed by atoms with Gasteiger partial charge in [0, 0.05) is 17.8 Å². The third kappa shape index (κ3) is 4.64. The second-order valence-corrected chi connectivity index (χ2v) is 9.55. The summed E-state index contributed by atoms with van der Waals surface area (Å²) < 4.78 is 12.9. The highest BCUT2D eigenvalue weighted by molar-refractivity contribution is 6.10. The van der Waals surface area contributed by atoms with E-state index in [0.717, 1.165) is 0 Å². The van der Waals surface area contributed by atoms with Crippen LogP contribution in [0.15, 0.2) is 36.4 Å². The molecular weight excluding hydrogens is 382 g/mol. The van der Waals surface area contributed by atoms with Crippen molar-refractivity contribution in [3.05, 3.63) is 58.9 Å². The van der Waals surface area contributed by atoms with E-state index in [2.05, 4.69) is 0 Å². The summed E-state index contributed by atoms with van der Waals surface area (Å²) in [6, 6.07) is 10.4. The molecule has 0 spiro atoms. The Kier molecular flexibility index (Phi) is 5.63. The van der Waals surface area contributed by atoms with Crippen molar-refractivity contribution in [2.24, 2.45) is 0 Å². The molecule has 1 unspecified atom stereocenters. The summed E-state index contributed by atoms with van der Waals surface area (Å²) in [4.78, 5) is 39.0. The number of ether oxygens (including phenoxy) is 2. The fourth-order valence-corrected chi connectivity index (χ4v) is 3.60. The lowest BCUT2D eigenvalue weighted by Gasteiger charge is -2.23. The van der Waals surface area contributed by atoms with Crippen molar-refractivity contribution in [2.75, 3.05) is 0 Å². The second-order valence-electron chi connectivity index (χ2n) is 9.55. The Balaban J connectivity index is 2.07. The molecule has 1 aliphatic heterocycles. The Labute approximate surface area is 177 Å². The molecule has 2 aromatic rings. The van der Waals surface area contributed by atoms with Crippen molar-refractivity contribution >= 4 is 17.7 Å². The molecule has 0 fully saturated rings. The van der Waals surface area contributed by atoms with Crippen LogP contribution in [0.3, 0.4) is 0 Å². The predicted octanol–water partition coefficient (Wildman–Crippen LogP) is 4.50. The molecule has 0 aliphatic carbocycles. The van der Waals surface area contributed by atoms with Crippen molar-refractivity contribution in [1.82, 2.24) is 4.57 Å². The largest absolute Gasteiger partial charge is 0.459 e. The standard InChI is InChI=1S/C24H29NO5/c1-23(2,3)29-21(27)16-12-13-25-18(20(26)15-10-8-7-9-11-15)14-17(19(16)25)22(28)30-24(4,5)6/h7-11,14,16H,12-13H2,1-6H3. The number of hydrogen-bond donors (Lipinski definition) is 0. The number of carbonyl (C=O) groups excluding carboxylic acids is 3. The first-order valence-electron chi connectivity index (χ1n) is 10.2. The lowest BCUT2D eigenvalue weighted by molar-refractivity contribution is -0.156. The van der Waals surface area contributed by atoms with E-state index in [1.165, 1.54) is 0 Å². The second kappa shape index (κ2) is 7.74. The van der Waals surface area contributed by atoms with Gasteiger partial charge in [0.1, 0.15) is 11.2 Å². The average Bonchev–Trinajstić information content (AvgIpc) is 3.19. The summed E-state index contributed by atoms with van der Waals surface area (Å²) in [5.74, 6) is -1.77. The fraction of sp³-hybridized carbons (Fsp3) is 0.458. The van der Waals surface area contributed by atoms with Crippen molar-refractivity contribution in [3.8, 4) is 0 Å². The molecule has 2 heterocycles. The molecule has 160 valence electrons. The van der Waals surface area contributed by atoms with Gasteiger partial charge in [-0.3, -0.25) is 9.59 Å². The lowest BCUT2D eigenvalue weighted by atomic mass is 10.00. The summed E-state index contributed by atoms with van der Waals surface area (Å²) in [6.07, 6.45) is 0.468. The molecule has 6 nitrogen and oxygen atoms in total. The number of hydrogen-bond acceptors (Lipinski definition) is 5. The maximum absolute atomic E-state index is 13.1. The van der Waals surface area contributed by atoms with Gasteiger partial charge in [-0.05, 0) is 54.0 Å². The molecule has 1 aromatic carbocycles. The Bertz CT molecular complexity index is 974. The van der Waals surface area contributed by atoms with Gasteiger partial charge >= 0.3 is 11.9 Å². The number of benzene rings is 1. The van der Waals surface area contributed by atoms with Crippen LogP contribution in [0.5, 0.6) is 0 Å². The van der Waals surface area contributed by atoms with E-state index >= 15 is 0 Å². The zero-order valence-corrected chi connectivity index (χ0v) is 18.4. The number of rotatable bonds is 4. The van der Waals surface area contributed by atoms with Crippen LogP contribution in [0.2, 0.25) is 0 Å². The molecule has 30 heavy (non-hydrogen) atoms. The minimum Gasteiger partial charge on any atom is -0.459 e. The molecule has 0 bridgehead atoms. The van der Waals surface area contributed by atoms with E-state index in [9.17, 15) is 14.4 Å². The molecule has 0 saturated carbocycles. The summed E-state index contributed by atoms with van der Waals surface area (Å²) in [7, 11) is 0. The minimum absolute atomic E-state index is 0.198. The highest BCUT2D eigenvalue weighted by atomic mass is 16.6. The number of nitrogens with zero attached hydrogens (tertiary/aromatic N) is 1. The zero-order valence-electron chi connectivity index (χ0n) is 18.4. The van der Waals surface area contributed by atoms with Crippen LogP contribution in [-0.4, -0.2) is 33.5 Å². The van der Waals surface area contributed by atoms with E-state index in [4.69, 9.17) is 9.47 Å². The first-order valence-corrected chi connectivity index (χ1v) is 10.2. The number of ketones is 1. The van der Waals surface area contributed by atoms with Crippen LogP contribution in [0, 0.1) is 0 Å². The third-order valence-corrected chi connectivity index (χ3v) is 4.69. The van der Waals surface area contributed by atoms with Gasteiger partial charge in [-0.2, -0.15) is 0 Å². The monoisotopic (exact) mass is 411 g/mol. The number of carbonyl (C=O) groups is 3. The van der Waals surface area contributed by atoms with E-state index in [-0.39, 0.29) is 11.3 Å². The number of esters is 2. The van der Waals surface area contributed by atoms with Gasteiger partial charge < -0.3 is 14.0 Å². The first-order chi connectivity index (χ1) is 13.9. The molecule has 0 radical (unpaired) electrons. The number of fused-ring (bicyclic) bond motifs is 1. The van der Waals surface area contributed by atoms with Gasteiger partial charge in [-0.25, -0.2) is 4.79 Å². The van der Waals surface area contributed by atoms with Crippen LogP contribution in [-0.2, 0) is 20.8 Å². The van der Waals surface area contributed by atoms with Crippen LogP contribution >= 0.6 is 0 Å². The van der Waals surface area contributed by atoms with E-state index in [0.29, 0.717) is 29.9 Å². The Morgan fingerprint density at radius 2 is 1.53 bits per heavy atom. The Morgan fingerprint density at radius 3 is 2.10 bits per heavy atom. The molecule has 1 atom stereocenters. The molecule has 6 heteroatoms. The quantitative estimate of drug-likeness (QED) is 0.547. The van der Waals surface area contributed by atoms with Crippen molar-refractivity contribution in [2.45, 2.75) is 71.6 Å². The normalized spacial score (nSPS) is 16.1. The highest BCUT2D eigenvalue weighted by Gasteiger charge is 2.40. The van der Waals surface area contributed by atoms with Gasteiger partial charge in [0.2, 0.25) is 5.78 Å². The van der Waals surface area contributed by atoms with Crippen LogP contribution in [0.25, 0.3) is 0 Å². The molecule has 1 aliphatic rings. The van der Waals surface area contributed by atoms with Gasteiger partial charge in [0.15, 0.2) is 0 Å². The maximum Gasteiger partial charge on any atom is 0.340 e. The summed E-state index contributed by atoms with van der Waals surface area (Å²) in [5, 5.41) is 0. The fourth-order valence-electron chi connectivity index (χ4n) is 3.60. The lowest BCUT2D eigenvalue weighted by Crippen LogP contribution is -2.28. The third-order valence-electron chi connectivity index (χ3n) is 4.69. The molecule has 1 aromatic heterocycles. The van der Waals surface area contributed by atoms with E-state index in [1.807, 2.05) is 6.07 Å². The van der Waals surface area contributed by atoms with Crippen molar-refractivity contribution < 1.29 is 23.9 Å². The van der Waals surface area contributed by atoms with Crippen molar-refractivity contribution in [1.29, 1.82) is 0 Å². The topological polar surface area (TPSA) is 74.6 Å². The number of aromatic nitrogens is 1. The maximum atomic E-state index is 13.1. The van der Waals surface area contributed by atoms with E-state index < -0.39 is 29.1 Å². The average molecular weight is 411 g/mol. The summed E-state index contributed by atoms with van der Waals surface area (Å²) in [6.45, 7) is 11.2. The van der Waals surface area contributed by atoms with Gasteiger partial charge in [0.25, 0.3) is 0 Å². The summed E-state index contributed by atoms with van der Waals surface area (Å²) >= 11 is 0. The molecule has 3 rings (SSSR count). The molecule has 0 amide bonds. The SMILES string of the molecule is CC(C)(C)OC(=O)c1cc(C(=O)c2ccccc2)n2c1C(C(=O)OC(C)(C)C)CC2. The van der Waals surface area contributed by atoms with Crippen LogP contribution in [0.1, 0.15) is 86.0 Å². The molecule has 0 saturated heterocycles. The molecule has 0 N–H and O–H groups in total. The van der Waals surface area contributed by atoms with Crippen LogP contribution < -0.4 is 0 Å². The zero-order chi connectivity index (χ0) is 22.3. The van der Waals surface area contributed by atoms with Gasteiger partial charge in [-0.1, -0.05) is 30.3 Å². The van der Waals surface area contributed by atoms with Crippen molar-refractivity contribution in [3.63, 3.8) is 0 Å². The van der Waals surface area contributed by atoms with Gasteiger partial charge in [0.05, 0.1) is 17.2 Å². The smallest absolute Gasteiger partial charge is 0.340 e. The Morgan fingerprint density at radius 1 is 0.933 bits per heavy atom. The minimum atomic E-state index is -0.699. The first kappa shape index (κ1) is 21.8. The molecular formula is C24H29NO5. The van der Waals surface area contributed by atoms with Crippen LogP contribution in [0.4, 0.5) is 0 Å². The van der Waals surface area contributed by atoms with E-state index in [1.54, 1.807) is 76.4 Å². The van der Waals surface area contributed by atoms with Gasteiger partial charge in [-0.15, -0.1) is 0 Å². The Hall–Kier alpha value is -2.89. The summed E-state index contributed by atoms with van der Waals surface area (Å²) in [5.41, 5.74) is 0.300.